The second-order valence-corrected chi connectivity index (χ2v) is 6.01. The molecule has 1 unspecified atom stereocenters. The number of anilines is 1. The molecule has 3 rings (SSSR count). The van der Waals surface area contributed by atoms with Gasteiger partial charge in [0.25, 0.3) is 5.91 Å². The monoisotopic (exact) mass is 364 g/mol. The molecule has 0 saturated carbocycles. The topological polar surface area (TPSA) is 68.2 Å². The maximum absolute atomic E-state index is 12.4. The Kier molecular flexibility index (Phi) is 7.28. The van der Waals surface area contributed by atoms with Gasteiger partial charge >= 0.3 is 0 Å². The third-order valence-corrected chi connectivity index (χ3v) is 4.05. The number of carbonyl (C=O) groups excluding carboxylic acids is 1. The minimum Gasteiger partial charge on any atom is -0.494 e. The van der Waals surface area contributed by atoms with Crippen molar-refractivity contribution in [3.63, 3.8) is 0 Å². The van der Waals surface area contributed by atoms with Crippen LogP contribution in [0.2, 0.25) is 0 Å². The molecule has 1 aliphatic rings. The average molecular weight is 365 g/mol. The highest BCUT2D eigenvalue weighted by atomic mass is 35.5. The summed E-state index contributed by atoms with van der Waals surface area (Å²) in [6.07, 6.45) is 5.06. The van der Waals surface area contributed by atoms with Crippen molar-refractivity contribution in [2.24, 2.45) is 0 Å². The van der Waals surface area contributed by atoms with Crippen molar-refractivity contribution in [1.29, 1.82) is 0 Å². The van der Waals surface area contributed by atoms with Crippen molar-refractivity contribution in [1.82, 2.24) is 15.1 Å². The minimum atomic E-state index is -0.204. The van der Waals surface area contributed by atoms with Crippen LogP contribution in [-0.2, 0) is 0 Å². The first kappa shape index (κ1) is 19.3. The highest BCUT2D eigenvalue weighted by Crippen LogP contribution is 2.19. The number of halogens is 1. The van der Waals surface area contributed by atoms with Crippen molar-refractivity contribution >= 4 is 24.0 Å². The van der Waals surface area contributed by atoms with Crippen molar-refractivity contribution < 1.29 is 9.53 Å². The first-order valence-corrected chi connectivity index (χ1v) is 8.56. The molecule has 6 nitrogen and oxygen atoms in total. The van der Waals surface area contributed by atoms with Crippen molar-refractivity contribution in [2.75, 3.05) is 25.0 Å². The van der Waals surface area contributed by atoms with E-state index in [0.717, 1.165) is 38.1 Å². The Hall–Kier alpha value is -2.05. The summed E-state index contributed by atoms with van der Waals surface area (Å²) in [4.78, 5) is 12.4. The van der Waals surface area contributed by atoms with Gasteiger partial charge in [-0.3, -0.25) is 9.48 Å². The van der Waals surface area contributed by atoms with E-state index in [1.54, 1.807) is 6.07 Å². The van der Waals surface area contributed by atoms with Gasteiger partial charge in [0.05, 0.1) is 12.6 Å². The number of carbonyl (C=O) groups is 1. The van der Waals surface area contributed by atoms with Gasteiger partial charge in [0.1, 0.15) is 5.75 Å². The van der Waals surface area contributed by atoms with Crippen LogP contribution in [0.25, 0.3) is 0 Å². The van der Waals surface area contributed by atoms with Gasteiger partial charge in [0, 0.05) is 24.5 Å². The summed E-state index contributed by atoms with van der Waals surface area (Å²) >= 11 is 0. The fraction of sp³-hybridized carbons (Fsp3) is 0.444. The molecule has 2 N–H and O–H groups in total. The highest BCUT2D eigenvalue weighted by molar-refractivity contribution is 6.02. The van der Waals surface area contributed by atoms with Crippen LogP contribution in [0.15, 0.2) is 36.5 Å². The highest BCUT2D eigenvalue weighted by Gasteiger charge is 2.17. The normalized spacial score (nSPS) is 16.8. The van der Waals surface area contributed by atoms with Gasteiger partial charge in [0.15, 0.2) is 5.69 Å². The van der Waals surface area contributed by atoms with E-state index in [1.807, 2.05) is 35.1 Å². The predicted molar refractivity (Wildman–Crippen MR) is 101 cm³/mol. The van der Waals surface area contributed by atoms with Gasteiger partial charge in [-0.25, -0.2) is 0 Å². The largest absolute Gasteiger partial charge is 0.494 e. The van der Waals surface area contributed by atoms with Crippen molar-refractivity contribution in [2.45, 2.75) is 32.2 Å². The Labute approximate surface area is 154 Å². The lowest BCUT2D eigenvalue weighted by molar-refractivity contribution is 0.102. The molecule has 25 heavy (non-hydrogen) atoms. The zero-order valence-corrected chi connectivity index (χ0v) is 15.2. The predicted octanol–water partition coefficient (Wildman–Crippen LogP) is 3.27. The molecule has 1 aliphatic heterocycles. The summed E-state index contributed by atoms with van der Waals surface area (Å²) in [7, 11) is 0. The Morgan fingerprint density at radius 3 is 3.08 bits per heavy atom. The van der Waals surface area contributed by atoms with E-state index in [2.05, 4.69) is 22.7 Å². The SMILES string of the molecule is CCCOc1cccc(NC(=O)c2ccn(C3CCCNC3)n2)c1.Cl. The molecule has 7 heteroatoms. The molecule has 0 bridgehead atoms. The molecular weight excluding hydrogens is 340 g/mol. The summed E-state index contributed by atoms with van der Waals surface area (Å²) < 4.78 is 7.48. The molecule has 136 valence electrons. The summed E-state index contributed by atoms with van der Waals surface area (Å²) in [5.41, 5.74) is 1.14. The number of hydrogen-bond donors (Lipinski definition) is 2. The lowest BCUT2D eigenvalue weighted by Crippen LogP contribution is -2.32. The fourth-order valence-corrected chi connectivity index (χ4v) is 2.80. The Bertz CT molecular complexity index is 683. The number of amides is 1. The molecule has 2 aromatic rings. The second-order valence-electron chi connectivity index (χ2n) is 6.01. The van der Waals surface area contributed by atoms with E-state index >= 15 is 0 Å². The summed E-state index contributed by atoms with van der Waals surface area (Å²) in [6, 6.07) is 9.52. The minimum absolute atomic E-state index is 0. The smallest absolute Gasteiger partial charge is 0.276 e. The quantitative estimate of drug-likeness (QED) is 0.825. The van der Waals surface area contributed by atoms with Crippen LogP contribution < -0.4 is 15.4 Å². The molecule has 0 radical (unpaired) electrons. The van der Waals surface area contributed by atoms with E-state index in [9.17, 15) is 4.79 Å². The van der Waals surface area contributed by atoms with Crippen molar-refractivity contribution in [3.8, 4) is 5.75 Å². The van der Waals surface area contributed by atoms with Crippen LogP contribution >= 0.6 is 12.4 Å². The first-order valence-electron chi connectivity index (χ1n) is 8.56. The van der Waals surface area contributed by atoms with E-state index in [0.29, 0.717) is 24.0 Å². The molecule has 0 aliphatic carbocycles. The third-order valence-electron chi connectivity index (χ3n) is 4.05. The molecule has 1 amide bonds. The lowest BCUT2D eigenvalue weighted by Gasteiger charge is -2.22. The Morgan fingerprint density at radius 1 is 1.44 bits per heavy atom. The standard InChI is InChI=1S/C18H24N4O2.ClH/c1-2-11-24-16-7-3-5-14(12-16)20-18(23)17-8-10-22(21-17)15-6-4-9-19-13-15;/h3,5,7-8,10,12,15,19H,2,4,6,9,11,13H2,1H3,(H,20,23);1H. The average Bonchev–Trinajstić information content (AvgIpc) is 3.11. The maximum atomic E-state index is 12.4. The Balaban J connectivity index is 0.00000225. The van der Waals surface area contributed by atoms with E-state index in [1.165, 1.54) is 0 Å². The van der Waals surface area contributed by atoms with Gasteiger partial charge in [-0.2, -0.15) is 5.10 Å². The summed E-state index contributed by atoms with van der Waals surface area (Å²) in [5, 5.41) is 10.7. The van der Waals surface area contributed by atoms with Gasteiger partial charge in [-0.05, 0) is 44.0 Å². The summed E-state index contributed by atoms with van der Waals surface area (Å²) in [5.74, 6) is 0.554. The molecular formula is C18H25ClN4O2. The number of hydrogen-bond acceptors (Lipinski definition) is 4. The number of nitrogens with one attached hydrogen (secondary N) is 2. The lowest BCUT2D eigenvalue weighted by atomic mass is 10.1. The number of benzene rings is 1. The van der Waals surface area contributed by atoms with E-state index in [4.69, 9.17) is 4.74 Å². The number of piperidine rings is 1. The van der Waals surface area contributed by atoms with Crippen LogP contribution in [0.3, 0.4) is 0 Å². The van der Waals surface area contributed by atoms with Crippen LogP contribution in [0.1, 0.15) is 42.7 Å². The first-order chi connectivity index (χ1) is 11.8. The molecule has 1 atom stereocenters. The van der Waals surface area contributed by atoms with Gasteiger partial charge in [-0.1, -0.05) is 13.0 Å². The maximum Gasteiger partial charge on any atom is 0.276 e. The molecule has 1 aromatic heterocycles. The van der Waals surface area contributed by atoms with Crippen LogP contribution in [0.4, 0.5) is 5.69 Å². The molecule has 1 fully saturated rings. The molecule has 0 spiro atoms. The number of nitrogens with zero attached hydrogens (tertiary/aromatic N) is 2. The van der Waals surface area contributed by atoms with Gasteiger partial charge < -0.3 is 15.4 Å². The number of ether oxygens (including phenoxy) is 1. The fourth-order valence-electron chi connectivity index (χ4n) is 2.80. The second kappa shape index (κ2) is 9.44. The molecule has 1 saturated heterocycles. The third kappa shape index (κ3) is 5.21. The van der Waals surface area contributed by atoms with Crippen LogP contribution in [-0.4, -0.2) is 35.4 Å². The van der Waals surface area contributed by atoms with Crippen molar-refractivity contribution in [3.05, 3.63) is 42.2 Å². The van der Waals surface area contributed by atoms with Gasteiger partial charge in [-0.15, -0.1) is 12.4 Å². The van der Waals surface area contributed by atoms with E-state index < -0.39 is 0 Å². The zero-order chi connectivity index (χ0) is 16.8. The Morgan fingerprint density at radius 2 is 2.32 bits per heavy atom. The number of aromatic nitrogens is 2. The molecule has 1 aromatic carbocycles. The van der Waals surface area contributed by atoms with E-state index in [-0.39, 0.29) is 18.3 Å². The van der Waals surface area contributed by atoms with Crippen LogP contribution in [0.5, 0.6) is 5.75 Å². The summed E-state index contributed by atoms with van der Waals surface area (Å²) in [6.45, 7) is 4.68. The van der Waals surface area contributed by atoms with Crippen LogP contribution in [0, 0.1) is 0 Å². The van der Waals surface area contributed by atoms with Gasteiger partial charge in [0.2, 0.25) is 0 Å². The number of rotatable bonds is 6. The zero-order valence-electron chi connectivity index (χ0n) is 14.4. The molecule has 2 heterocycles.